The van der Waals surface area contributed by atoms with Gasteiger partial charge in [-0.1, -0.05) is 12.8 Å². The van der Waals surface area contributed by atoms with Gasteiger partial charge in [-0.25, -0.2) is 0 Å². The number of likely N-dealkylation sites (tertiary alicyclic amines) is 1. The normalized spacial score (nSPS) is 38.3. The van der Waals surface area contributed by atoms with Crippen LogP contribution in [0.2, 0.25) is 0 Å². The van der Waals surface area contributed by atoms with E-state index >= 15 is 0 Å². The highest BCUT2D eigenvalue weighted by Crippen LogP contribution is 2.34. The van der Waals surface area contributed by atoms with E-state index in [9.17, 15) is 4.79 Å². The molecule has 2 heterocycles. The third-order valence-electron chi connectivity index (χ3n) is 5.18. The highest BCUT2D eigenvalue weighted by molar-refractivity contribution is 5.84. The first kappa shape index (κ1) is 13.4. The minimum absolute atomic E-state index is 0.0119. The van der Waals surface area contributed by atoms with Crippen molar-refractivity contribution >= 4 is 5.91 Å². The van der Waals surface area contributed by atoms with Crippen LogP contribution in [0.4, 0.5) is 0 Å². The van der Waals surface area contributed by atoms with Gasteiger partial charge in [0.2, 0.25) is 5.91 Å². The summed E-state index contributed by atoms with van der Waals surface area (Å²) in [4.78, 5) is 17.1. The number of nitrogens with one attached hydrogen (secondary N) is 1. The van der Waals surface area contributed by atoms with Gasteiger partial charge in [0.1, 0.15) is 0 Å². The Kier molecular flexibility index (Phi) is 3.81. The molecule has 2 aliphatic heterocycles. The van der Waals surface area contributed by atoms with Crippen molar-refractivity contribution in [1.82, 2.24) is 15.1 Å². The lowest BCUT2D eigenvalue weighted by Gasteiger charge is -2.40. The molecule has 1 N–H and O–H groups in total. The van der Waals surface area contributed by atoms with Crippen molar-refractivity contribution < 1.29 is 4.79 Å². The molecule has 4 nitrogen and oxygen atoms in total. The maximum atomic E-state index is 12.5. The summed E-state index contributed by atoms with van der Waals surface area (Å²) in [6, 6.07) is 0.437. The molecule has 3 fully saturated rings. The van der Waals surface area contributed by atoms with Gasteiger partial charge in [-0.2, -0.15) is 0 Å². The summed E-state index contributed by atoms with van der Waals surface area (Å²) in [6.07, 6.45) is 7.95. The number of likely N-dealkylation sites (N-methyl/N-ethyl adjacent to an activating group) is 1. The van der Waals surface area contributed by atoms with Gasteiger partial charge in [0.25, 0.3) is 0 Å². The molecular formula is C15H27N3O. The molecule has 3 aliphatic rings. The first-order valence-electron chi connectivity index (χ1n) is 7.93. The fourth-order valence-corrected chi connectivity index (χ4v) is 4.18. The average Bonchev–Trinajstić information content (AvgIpc) is 2.99. The highest BCUT2D eigenvalue weighted by Gasteiger charge is 2.44. The van der Waals surface area contributed by atoms with E-state index in [4.69, 9.17) is 0 Å². The number of carbonyl (C=O) groups excluding carboxylic acids is 1. The van der Waals surface area contributed by atoms with Crippen LogP contribution in [-0.2, 0) is 4.79 Å². The number of nitrogens with zero attached hydrogens (tertiary/aromatic N) is 2. The molecule has 3 rings (SSSR count). The van der Waals surface area contributed by atoms with E-state index in [0.717, 1.165) is 6.54 Å². The Labute approximate surface area is 116 Å². The van der Waals surface area contributed by atoms with E-state index in [1.165, 1.54) is 45.1 Å². The first-order valence-corrected chi connectivity index (χ1v) is 7.93. The lowest BCUT2D eigenvalue weighted by atomic mass is 9.99. The van der Waals surface area contributed by atoms with Crippen molar-refractivity contribution in [2.45, 2.75) is 63.7 Å². The molecule has 0 radical (unpaired) electrons. The average molecular weight is 265 g/mol. The topological polar surface area (TPSA) is 35.6 Å². The van der Waals surface area contributed by atoms with Crippen LogP contribution in [-0.4, -0.2) is 54.1 Å². The number of piperidine rings is 1. The first-order chi connectivity index (χ1) is 9.16. The standard InChI is InChI=1S/C15H27N3O/c1-11-15(19)18(13-8-5-9-17(2)10-13)14(16-11)12-6-3-4-7-12/h11-14,16H,3-10H2,1-2H3. The molecule has 1 saturated carbocycles. The van der Waals surface area contributed by atoms with E-state index in [-0.39, 0.29) is 6.04 Å². The predicted octanol–water partition coefficient (Wildman–Crippen LogP) is 1.42. The maximum Gasteiger partial charge on any atom is 0.241 e. The molecule has 3 atom stereocenters. The molecular weight excluding hydrogens is 238 g/mol. The number of hydrogen-bond donors (Lipinski definition) is 1. The van der Waals surface area contributed by atoms with Crippen molar-refractivity contribution in [1.29, 1.82) is 0 Å². The Morgan fingerprint density at radius 3 is 2.58 bits per heavy atom. The van der Waals surface area contributed by atoms with Crippen LogP contribution in [0.15, 0.2) is 0 Å². The van der Waals surface area contributed by atoms with E-state index in [1.807, 2.05) is 6.92 Å². The second-order valence-electron chi connectivity index (χ2n) is 6.68. The summed E-state index contributed by atoms with van der Waals surface area (Å²) in [5, 5.41) is 3.57. The van der Waals surface area contributed by atoms with Crippen LogP contribution in [0.25, 0.3) is 0 Å². The Morgan fingerprint density at radius 1 is 1.16 bits per heavy atom. The third-order valence-corrected chi connectivity index (χ3v) is 5.18. The van der Waals surface area contributed by atoms with E-state index in [1.54, 1.807) is 0 Å². The molecule has 1 aliphatic carbocycles. The largest absolute Gasteiger partial charge is 0.321 e. The Bertz CT molecular complexity index is 340. The smallest absolute Gasteiger partial charge is 0.241 e. The van der Waals surface area contributed by atoms with Crippen LogP contribution in [0.1, 0.15) is 45.4 Å². The SMILES string of the molecule is CC1NC(C2CCCC2)N(C2CCCN(C)C2)C1=O. The fourth-order valence-electron chi connectivity index (χ4n) is 4.18. The van der Waals surface area contributed by atoms with Crippen LogP contribution in [0.5, 0.6) is 0 Å². The van der Waals surface area contributed by atoms with Gasteiger partial charge in [-0.15, -0.1) is 0 Å². The molecule has 0 aromatic heterocycles. The minimum atomic E-state index is 0.0119. The molecule has 0 aromatic carbocycles. The molecule has 108 valence electrons. The van der Waals surface area contributed by atoms with Crippen molar-refractivity contribution in [2.24, 2.45) is 5.92 Å². The molecule has 0 aromatic rings. The van der Waals surface area contributed by atoms with Crippen molar-refractivity contribution in [3.05, 3.63) is 0 Å². The minimum Gasteiger partial charge on any atom is -0.321 e. The quantitative estimate of drug-likeness (QED) is 0.820. The number of rotatable bonds is 2. The van der Waals surface area contributed by atoms with E-state index in [0.29, 0.717) is 24.0 Å². The third kappa shape index (κ3) is 2.52. The van der Waals surface area contributed by atoms with Crippen molar-refractivity contribution in [2.75, 3.05) is 20.1 Å². The van der Waals surface area contributed by atoms with Gasteiger partial charge in [0.15, 0.2) is 0 Å². The number of hydrogen-bond acceptors (Lipinski definition) is 3. The van der Waals surface area contributed by atoms with Crippen molar-refractivity contribution in [3.63, 3.8) is 0 Å². The fraction of sp³-hybridized carbons (Fsp3) is 0.933. The molecule has 19 heavy (non-hydrogen) atoms. The Morgan fingerprint density at radius 2 is 1.89 bits per heavy atom. The van der Waals surface area contributed by atoms with Gasteiger partial charge >= 0.3 is 0 Å². The van der Waals surface area contributed by atoms with Gasteiger partial charge in [0, 0.05) is 12.6 Å². The number of carbonyl (C=O) groups is 1. The van der Waals surface area contributed by atoms with Crippen LogP contribution in [0.3, 0.4) is 0 Å². The second-order valence-corrected chi connectivity index (χ2v) is 6.68. The molecule has 1 amide bonds. The van der Waals surface area contributed by atoms with Crippen LogP contribution >= 0.6 is 0 Å². The zero-order valence-electron chi connectivity index (χ0n) is 12.3. The molecule has 0 spiro atoms. The summed E-state index contributed by atoms with van der Waals surface area (Å²) in [7, 11) is 2.17. The summed E-state index contributed by atoms with van der Waals surface area (Å²) < 4.78 is 0. The van der Waals surface area contributed by atoms with E-state index < -0.39 is 0 Å². The molecule has 0 bridgehead atoms. The monoisotopic (exact) mass is 265 g/mol. The maximum absolute atomic E-state index is 12.5. The summed E-state index contributed by atoms with van der Waals surface area (Å²) in [5.41, 5.74) is 0. The van der Waals surface area contributed by atoms with Crippen LogP contribution < -0.4 is 5.32 Å². The zero-order valence-corrected chi connectivity index (χ0v) is 12.3. The summed E-state index contributed by atoms with van der Waals surface area (Å²) in [5.74, 6) is 1.01. The number of amides is 1. The zero-order chi connectivity index (χ0) is 13.4. The predicted molar refractivity (Wildman–Crippen MR) is 75.7 cm³/mol. The van der Waals surface area contributed by atoms with Gasteiger partial charge in [-0.3, -0.25) is 10.1 Å². The van der Waals surface area contributed by atoms with E-state index in [2.05, 4.69) is 22.2 Å². The second kappa shape index (κ2) is 5.41. The summed E-state index contributed by atoms with van der Waals surface area (Å²) >= 11 is 0. The van der Waals surface area contributed by atoms with Crippen molar-refractivity contribution in [3.8, 4) is 0 Å². The molecule has 4 heteroatoms. The summed E-state index contributed by atoms with van der Waals surface area (Å²) in [6.45, 7) is 4.25. The lowest BCUT2D eigenvalue weighted by Crippen LogP contribution is -2.53. The van der Waals surface area contributed by atoms with Crippen LogP contribution in [0, 0.1) is 5.92 Å². The lowest BCUT2D eigenvalue weighted by molar-refractivity contribution is -0.133. The van der Waals surface area contributed by atoms with Gasteiger partial charge in [0.05, 0.1) is 12.2 Å². The molecule has 3 unspecified atom stereocenters. The Hall–Kier alpha value is -0.610. The van der Waals surface area contributed by atoms with Gasteiger partial charge < -0.3 is 9.80 Å². The van der Waals surface area contributed by atoms with Gasteiger partial charge in [-0.05, 0) is 52.1 Å². The Balaban J connectivity index is 1.76. The molecule has 2 saturated heterocycles. The highest BCUT2D eigenvalue weighted by atomic mass is 16.2.